The van der Waals surface area contributed by atoms with Crippen LogP contribution in [0.5, 0.6) is 11.5 Å². The van der Waals surface area contributed by atoms with Gasteiger partial charge in [-0.2, -0.15) is 10.2 Å². The van der Waals surface area contributed by atoms with E-state index in [2.05, 4.69) is 42.0 Å². The Labute approximate surface area is 421 Å². The molecular weight excluding hydrogens is 990 g/mol. The normalized spacial score (nSPS) is 22.1. The molecule has 380 valence electrons. The lowest BCUT2D eigenvalue weighted by Gasteiger charge is -2.37. The number of nitriles is 1. The number of H-pyrrole nitrogens is 1. The van der Waals surface area contributed by atoms with Gasteiger partial charge in [-0.25, -0.2) is 19.0 Å². The van der Waals surface area contributed by atoms with Gasteiger partial charge in [0.2, 0.25) is 5.95 Å². The molecule has 3 aromatic carbocycles. The summed E-state index contributed by atoms with van der Waals surface area (Å²) < 4.78 is 72.8. The predicted octanol–water partition coefficient (Wildman–Crippen LogP) is 7.78. The minimum absolute atomic E-state index is 0.00649. The Morgan fingerprint density at radius 3 is 2.31 bits per heavy atom. The third kappa shape index (κ3) is 12.1. The number of rotatable bonds is 24. The van der Waals surface area contributed by atoms with Crippen LogP contribution in [0.2, 0.25) is 0 Å². The number of fused-ring (bicyclic) bond motifs is 1. The molecule has 0 spiro atoms. The molecule has 8 rings (SSSR count). The number of hydrogen-bond acceptors (Lipinski definition) is 18. The molecule has 72 heavy (non-hydrogen) atoms. The maximum atomic E-state index is 16.1. The summed E-state index contributed by atoms with van der Waals surface area (Å²) in [6, 6.07) is 27.3. The van der Waals surface area contributed by atoms with Crippen molar-refractivity contribution in [3.63, 3.8) is 0 Å². The minimum Gasteiger partial charge on any atom is -0.497 e. The second kappa shape index (κ2) is 23.8. The van der Waals surface area contributed by atoms with Gasteiger partial charge < -0.3 is 38.4 Å². The molecule has 2 aliphatic rings. The van der Waals surface area contributed by atoms with Crippen LogP contribution >= 0.6 is 15.0 Å². The quantitative estimate of drug-likeness (QED) is 0.0256. The van der Waals surface area contributed by atoms with Gasteiger partial charge in [0, 0.05) is 23.2 Å². The van der Waals surface area contributed by atoms with Crippen LogP contribution in [0.25, 0.3) is 11.2 Å². The number of nitrogens with one attached hydrogen (secondary N) is 3. The highest BCUT2D eigenvalue weighted by Gasteiger charge is 2.51. The van der Waals surface area contributed by atoms with Crippen LogP contribution in [-0.4, -0.2) is 105 Å². The summed E-state index contributed by atoms with van der Waals surface area (Å²) >= 11 is 6.13. The van der Waals surface area contributed by atoms with E-state index in [1.54, 1.807) is 25.0 Å². The van der Waals surface area contributed by atoms with Crippen molar-refractivity contribution in [1.29, 1.82) is 5.26 Å². The van der Waals surface area contributed by atoms with Gasteiger partial charge >= 0.3 is 15.0 Å². The van der Waals surface area contributed by atoms with Gasteiger partial charge in [0.05, 0.1) is 64.7 Å². The lowest BCUT2D eigenvalue weighted by atomic mass is 9.80. The molecule has 3 heterocycles. The fourth-order valence-electron chi connectivity index (χ4n) is 9.20. The smallest absolute Gasteiger partial charge is 0.497 e. The van der Waals surface area contributed by atoms with E-state index in [1.807, 2.05) is 92.7 Å². The summed E-state index contributed by atoms with van der Waals surface area (Å²) in [6.45, 7) is 0.375. The van der Waals surface area contributed by atoms with Crippen molar-refractivity contribution in [2.45, 2.75) is 75.6 Å². The van der Waals surface area contributed by atoms with Gasteiger partial charge in [-0.15, -0.1) is 14.5 Å². The molecule has 2 saturated carbocycles. The summed E-state index contributed by atoms with van der Waals surface area (Å²) in [4.78, 5) is 38.8. The molecule has 24 heteroatoms. The summed E-state index contributed by atoms with van der Waals surface area (Å²) in [5.41, 5.74) is 1.06. The number of nitrogens with zero attached hydrogens (tertiary/aromatic N) is 7. The summed E-state index contributed by atoms with van der Waals surface area (Å²) in [5.74, 6) is 1.06. The standard InChI is InChI=1S/C48H55FN10O10P2S/c1-30(2)26-52-47-55-45-43(46(60)56-47)57-58-59(45)39-23-31(27-65-48(33-9-6-5-7-10-33,34-11-15-36(63-3)16-12-34)35-13-17-37(64-4)18-14-35)24-40(39)69-71(72,66-22-8-20-50)67-28-32-25-38(42(49)44(32)68-70(61)62)54-41-19-21-51-29-53-41/h5-7,9-19,21,29-32,38-40,42,44H,8,22-28H2,1-4H3,(H3-,51,52,53,54,55,56,58,60,61,62)/p+1/t31-,32+,38+,39+,40+,42-,44+,71-/m0/s1. The Morgan fingerprint density at radius 2 is 1.68 bits per heavy atom. The Morgan fingerprint density at radius 1 is 0.986 bits per heavy atom. The Bertz CT molecular complexity index is 2860. The van der Waals surface area contributed by atoms with E-state index in [0.717, 1.165) is 16.7 Å². The summed E-state index contributed by atoms with van der Waals surface area (Å²) in [5, 5.41) is 24.5. The molecule has 1 unspecified atom stereocenters. The zero-order valence-electron chi connectivity index (χ0n) is 39.9. The second-order valence-corrected chi connectivity index (χ2v) is 21.5. The number of aromatic nitrogens is 7. The van der Waals surface area contributed by atoms with E-state index in [9.17, 15) is 19.5 Å². The van der Waals surface area contributed by atoms with Crippen LogP contribution in [0.3, 0.4) is 0 Å². The van der Waals surface area contributed by atoms with Crippen LogP contribution in [0.1, 0.15) is 62.3 Å². The third-order valence-corrected chi connectivity index (χ3v) is 15.4. The lowest BCUT2D eigenvalue weighted by Crippen LogP contribution is -2.34. The monoisotopic (exact) mass is 1050 g/mol. The first kappa shape index (κ1) is 52.5. The van der Waals surface area contributed by atoms with Gasteiger partial charge in [-0.3, -0.25) is 9.78 Å². The average molecular weight is 1050 g/mol. The van der Waals surface area contributed by atoms with E-state index in [4.69, 9.17) is 49.1 Å². The van der Waals surface area contributed by atoms with Crippen molar-refractivity contribution in [2.75, 3.05) is 51.2 Å². The average Bonchev–Trinajstić information content (AvgIpc) is 4.08. The Kier molecular flexibility index (Phi) is 17.3. The largest absolute Gasteiger partial charge is 0.695 e. The maximum Gasteiger partial charge on any atom is 0.695 e. The Hall–Kier alpha value is -5.85. The molecule has 4 N–H and O–H groups in total. The van der Waals surface area contributed by atoms with Crippen molar-refractivity contribution in [1.82, 2.24) is 34.9 Å². The number of benzene rings is 3. The van der Waals surface area contributed by atoms with Crippen LogP contribution in [0.4, 0.5) is 16.2 Å². The van der Waals surface area contributed by atoms with E-state index < -0.39 is 62.5 Å². The minimum atomic E-state index is -3.89. The van der Waals surface area contributed by atoms with E-state index in [-0.39, 0.29) is 61.6 Å². The topological polar surface area (TPSA) is 252 Å². The summed E-state index contributed by atoms with van der Waals surface area (Å²) in [6.07, 6.45) is -0.497. The van der Waals surface area contributed by atoms with E-state index >= 15 is 4.39 Å². The van der Waals surface area contributed by atoms with Crippen LogP contribution in [0.15, 0.2) is 102 Å². The molecule has 2 fully saturated rings. The molecule has 6 aromatic rings. The molecule has 2 aliphatic carbocycles. The van der Waals surface area contributed by atoms with Gasteiger partial charge in [-0.1, -0.05) is 73.7 Å². The van der Waals surface area contributed by atoms with Crippen molar-refractivity contribution in [3.05, 3.63) is 124 Å². The molecule has 0 bridgehead atoms. The number of hydrogen-bond donors (Lipinski definition) is 4. The number of methoxy groups -OCH3 is 2. The number of ether oxygens (including phenoxy) is 3. The fourth-order valence-corrected chi connectivity index (χ4v) is 11.9. The highest BCUT2D eigenvalue weighted by atomic mass is 32.5. The molecule has 20 nitrogen and oxygen atoms in total. The molecule has 3 aromatic heterocycles. The highest BCUT2D eigenvalue weighted by molar-refractivity contribution is 8.07. The third-order valence-electron chi connectivity index (χ3n) is 12.6. The van der Waals surface area contributed by atoms with Crippen molar-refractivity contribution < 1.29 is 46.2 Å². The van der Waals surface area contributed by atoms with Crippen LogP contribution in [0, 0.1) is 29.1 Å². The molecule has 0 radical (unpaired) electrons. The first-order valence-electron chi connectivity index (χ1n) is 23.3. The van der Waals surface area contributed by atoms with E-state index in [0.29, 0.717) is 36.7 Å². The van der Waals surface area contributed by atoms with Crippen molar-refractivity contribution >= 4 is 49.7 Å². The number of aromatic amines is 1. The fraction of sp³-hybridized carbons (Fsp3) is 0.438. The summed E-state index contributed by atoms with van der Waals surface area (Å²) in [7, 11) is 0.00421. The highest BCUT2D eigenvalue weighted by Crippen LogP contribution is 2.56. The van der Waals surface area contributed by atoms with Gasteiger partial charge in [0.15, 0.2) is 23.4 Å². The van der Waals surface area contributed by atoms with Crippen molar-refractivity contribution in [3.8, 4) is 17.6 Å². The SMILES string of the molecule is COc1ccc(C(OC[C@H]2C[C@@H](n3nnc4c(=O)[nH]c(NCC(C)C)nc43)[C@H](O[P@](=S)(OCCC#N)OC[C@H]3C[C@@H](Nc4ccncn4)[C@H](F)[C@@H]3O[P+](=O)O)C2)(c2ccccc2)c2ccc(OC)cc2)cc1. The molecule has 0 amide bonds. The maximum absolute atomic E-state index is 16.1. The Balaban J connectivity index is 1.15. The van der Waals surface area contributed by atoms with E-state index in [1.165, 1.54) is 12.5 Å². The predicted molar refractivity (Wildman–Crippen MR) is 268 cm³/mol. The molecule has 0 saturated heterocycles. The molecular formula is C48H56FN10O10P2S+. The zero-order chi connectivity index (χ0) is 50.8. The van der Waals surface area contributed by atoms with Gasteiger partial charge in [0.25, 0.3) is 5.56 Å². The van der Waals surface area contributed by atoms with Gasteiger partial charge in [-0.05, 0) is 89.9 Å². The van der Waals surface area contributed by atoms with Crippen LogP contribution in [-0.2, 0) is 44.8 Å². The first-order valence-corrected chi connectivity index (χ1v) is 27.0. The first-order chi connectivity index (χ1) is 34.8. The van der Waals surface area contributed by atoms with Crippen LogP contribution < -0.4 is 25.7 Å². The molecule has 9 atom stereocenters. The van der Waals surface area contributed by atoms with Gasteiger partial charge in [0.1, 0.15) is 29.2 Å². The lowest BCUT2D eigenvalue weighted by molar-refractivity contribution is -0.00936. The molecule has 0 aliphatic heterocycles. The second-order valence-electron chi connectivity index (χ2n) is 17.8. The zero-order valence-corrected chi connectivity index (χ0v) is 42.6. The van der Waals surface area contributed by atoms with Crippen molar-refractivity contribution in [2.24, 2.45) is 17.8 Å². The number of halogens is 1. The number of alkyl halides is 1. The number of anilines is 2.